The first-order valence-electron chi connectivity index (χ1n) is 9.33. The minimum atomic E-state index is -1.72. The Labute approximate surface area is 145 Å². The van der Waals surface area contributed by atoms with E-state index in [1.54, 1.807) is 0 Å². The Morgan fingerprint density at radius 3 is 1.78 bits per heavy atom. The van der Waals surface area contributed by atoms with E-state index in [9.17, 15) is 9.90 Å². The fourth-order valence-corrected chi connectivity index (χ4v) is 6.10. The SMILES string of the molecule is CC[Si](CC)(CC)O[C@@H](C(C)C)[C@@H](C)[C@@H](O)CC(=O)C(C)(C)C. The summed E-state index contributed by atoms with van der Waals surface area (Å²) in [6, 6.07) is 3.31. The standard InChI is InChI=1S/C19H40O3Si/c1-10-23(11-2,12-3)22-18(14(4)5)15(6)16(20)13-17(21)19(7,8)9/h14-16,18,20H,10-13H2,1-9H3/t15-,16-,18-/m0/s1. The largest absolute Gasteiger partial charge is 0.413 e. The predicted molar refractivity (Wildman–Crippen MR) is 101 cm³/mol. The van der Waals surface area contributed by atoms with Crippen LogP contribution < -0.4 is 0 Å². The van der Waals surface area contributed by atoms with Crippen LogP contribution in [0.2, 0.25) is 18.1 Å². The molecular weight excluding hydrogens is 304 g/mol. The Balaban J connectivity index is 5.12. The van der Waals surface area contributed by atoms with Crippen LogP contribution in [0, 0.1) is 17.3 Å². The number of carbonyl (C=O) groups excluding carboxylic acids is 1. The lowest BCUT2D eigenvalue weighted by molar-refractivity contribution is -0.129. The lowest BCUT2D eigenvalue weighted by Crippen LogP contribution is -2.47. The number of rotatable bonds is 10. The summed E-state index contributed by atoms with van der Waals surface area (Å²) in [5.41, 5.74) is -0.399. The molecule has 0 amide bonds. The van der Waals surface area contributed by atoms with E-state index in [0.717, 1.165) is 18.1 Å². The molecule has 0 radical (unpaired) electrons. The Bertz CT molecular complexity index is 348. The van der Waals surface area contributed by atoms with Crippen molar-refractivity contribution in [1.82, 2.24) is 0 Å². The summed E-state index contributed by atoms with van der Waals surface area (Å²) in [5, 5.41) is 10.6. The fourth-order valence-electron chi connectivity index (χ4n) is 3.04. The number of ketones is 1. The molecule has 3 atom stereocenters. The lowest BCUT2D eigenvalue weighted by Gasteiger charge is -2.39. The summed E-state index contributed by atoms with van der Waals surface area (Å²) < 4.78 is 6.66. The van der Waals surface area contributed by atoms with Crippen molar-refractivity contribution < 1.29 is 14.3 Å². The van der Waals surface area contributed by atoms with Gasteiger partial charge in [-0.15, -0.1) is 0 Å². The number of aliphatic hydroxyl groups is 1. The number of hydrogen-bond acceptors (Lipinski definition) is 3. The van der Waals surface area contributed by atoms with Crippen LogP contribution in [0.15, 0.2) is 0 Å². The van der Waals surface area contributed by atoms with Gasteiger partial charge in [-0.2, -0.15) is 0 Å². The minimum absolute atomic E-state index is 0.0179. The van der Waals surface area contributed by atoms with Crippen molar-refractivity contribution in [3.8, 4) is 0 Å². The third kappa shape index (κ3) is 6.67. The third-order valence-corrected chi connectivity index (χ3v) is 9.97. The summed E-state index contributed by atoms with van der Waals surface area (Å²) in [4.78, 5) is 12.2. The molecule has 0 aromatic rings. The van der Waals surface area contributed by atoms with E-state index in [0.29, 0.717) is 5.92 Å². The van der Waals surface area contributed by atoms with Gasteiger partial charge in [0.1, 0.15) is 5.78 Å². The number of aliphatic hydroxyl groups excluding tert-OH is 1. The summed E-state index contributed by atoms with van der Waals surface area (Å²) in [6.45, 7) is 18.7. The molecule has 0 spiro atoms. The van der Waals surface area contributed by atoms with Crippen molar-refractivity contribution >= 4 is 14.1 Å². The highest BCUT2D eigenvalue weighted by Gasteiger charge is 2.38. The molecule has 0 bridgehead atoms. The van der Waals surface area contributed by atoms with Gasteiger partial charge in [0.05, 0.1) is 12.2 Å². The first-order chi connectivity index (χ1) is 10.4. The number of hydrogen-bond donors (Lipinski definition) is 1. The Morgan fingerprint density at radius 1 is 1.04 bits per heavy atom. The highest BCUT2D eigenvalue weighted by atomic mass is 28.4. The van der Waals surface area contributed by atoms with Gasteiger partial charge in [0.15, 0.2) is 8.32 Å². The van der Waals surface area contributed by atoms with Crippen LogP contribution >= 0.6 is 0 Å². The molecule has 0 aliphatic rings. The molecule has 0 saturated heterocycles. The normalized spacial score (nSPS) is 17.2. The molecule has 3 nitrogen and oxygen atoms in total. The third-order valence-electron chi connectivity index (χ3n) is 5.33. The summed E-state index contributed by atoms with van der Waals surface area (Å²) in [7, 11) is -1.72. The maximum atomic E-state index is 12.2. The Hall–Kier alpha value is -0.193. The van der Waals surface area contributed by atoms with Gasteiger partial charge in [0.2, 0.25) is 0 Å². The molecule has 4 heteroatoms. The van der Waals surface area contributed by atoms with Gasteiger partial charge in [0, 0.05) is 17.8 Å². The molecule has 0 unspecified atom stereocenters. The Kier molecular flexibility index (Phi) is 9.25. The maximum Gasteiger partial charge on any atom is 0.192 e. The zero-order valence-corrected chi connectivity index (χ0v) is 17.9. The highest BCUT2D eigenvalue weighted by molar-refractivity contribution is 6.73. The first-order valence-corrected chi connectivity index (χ1v) is 11.9. The van der Waals surface area contributed by atoms with Crippen LogP contribution in [0.4, 0.5) is 0 Å². The van der Waals surface area contributed by atoms with Gasteiger partial charge in [-0.1, -0.05) is 62.3 Å². The molecule has 0 aliphatic heterocycles. The molecule has 138 valence electrons. The highest BCUT2D eigenvalue weighted by Crippen LogP contribution is 2.31. The average molecular weight is 345 g/mol. The van der Waals surface area contributed by atoms with Crippen LogP contribution in [0.5, 0.6) is 0 Å². The second kappa shape index (κ2) is 9.33. The molecular formula is C19H40O3Si. The van der Waals surface area contributed by atoms with E-state index in [4.69, 9.17) is 4.43 Å². The van der Waals surface area contributed by atoms with Gasteiger partial charge >= 0.3 is 0 Å². The number of carbonyl (C=O) groups is 1. The minimum Gasteiger partial charge on any atom is -0.413 e. The van der Waals surface area contributed by atoms with E-state index in [1.807, 2.05) is 27.7 Å². The van der Waals surface area contributed by atoms with Gasteiger partial charge in [-0.3, -0.25) is 4.79 Å². The van der Waals surface area contributed by atoms with Crippen molar-refractivity contribution in [1.29, 1.82) is 0 Å². The molecule has 0 saturated carbocycles. The molecule has 0 fully saturated rings. The Morgan fingerprint density at radius 2 is 1.48 bits per heavy atom. The van der Waals surface area contributed by atoms with Crippen LogP contribution in [-0.2, 0) is 9.22 Å². The van der Waals surface area contributed by atoms with E-state index in [-0.39, 0.29) is 24.2 Å². The van der Waals surface area contributed by atoms with Crippen molar-refractivity contribution in [3.63, 3.8) is 0 Å². The van der Waals surface area contributed by atoms with Crippen molar-refractivity contribution in [2.45, 2.75) is 99.1 Å². The fraction of sp³-hybridized carbons (Fsp3) is 0.947. The number of Topliss-reactive ketones (excluding diaryl/α,β-unsaturated/α-hetero) is 1. The summed E-state index contributed by atoms with van der Waals surface area (Å²) in [5.74, 6) is 0.420. The van der Waals surface area contributed by atoms with Crippen LogP contribution in [-0.4, -0.2) is 31.4 Å². The molecule has 0 aliphatic carbocycles. The van der Waals surface area contributed by atoms with Crippen molar-refractivity contribution in [2.24, 2.45) is 17.3 Å². The smallest absolute Gasteiger partial charge is 0.192 e. The second-order valence-corrected chi connectivity index (χ2v) is 13.1. The van der Waals surface area contributed by atoms with E-state index in [2.05, 4.69) is 34.6 Å². The maximum absolute atomic E-state index is 12.2. The first kappa shape index (κ1) is 22.8. The van der Waals surface area contributed by atoms with Crippen LogP contribution in [0.25, 0.3) is 0 Å². The lowest BCUT2D eigenvalue weighted by atomic mass is 9.82. The van der Waals surface area contributed by atoms with Crippen LogP contribution in [0.3, 0.4) is 0 Å². The van der Waals surface area contributed by atoms with E-state index < -0.39 is 19.8 Å². The predicted octanol–water partition coefficient (Wildman–Crippen LogP) is 5.04. The molecule has 0 heterocycles. The summed E-state index contributed by atoms with van der Waals surface area (Å²) >= 11 is 0. The van der Waals surface area contributed by atoms with E-state index in [1.165, 1.54) is 0 Å². The summed E-state index contributed by atoms with van der Waals surface area (Å²) in [6.07, 6.45) is -0.397. The second-order valence-electron chi connectivity index (χ2n) is 8.37. The zero-order chi connectivity index (χ0) is 18.4. The average Bonchev–Trinajstić information content (AvgIpc) is 2.47. The van der Waals surface area contributed by atoms with Crippen molar-refractivity contribution in [3.05, 3.63) is 0 Å². The van der Waals surface area contributed by atoms with Gasteiger partial charge in [-0.05, 0) is 24.1 Å². The topological polar surface area (TPSA) is 46.5 Å². The van der Waals surface area contributed by atoms with Crippen LogP contribution in [0.1, 0.15) is 68.7 Å². The van der Waals surface area contributed by atoms with Gasteiger partial charge < -0.3 is 9.53 Å². The van der Waals surface area contributed by atoms with Gasteiger partial charge in [-0.25, -0.2) is 0 Å². The zero-order valence-electron chi connectivity index (χ0n) is 16.9. The van der Waals surface area contributed by atoms with Gasteiger partial charge in [0.25, 0.3) is 0 Å². The van der Waals surface area contributed by atoms with Crippen molar-refractivity contribution in [2.75, 3.05) is 0 Å². The molecule has 0 aromatic heterocycles. The quantitative estimate of drug-likeness (QED) is 0.565. The van der Waals surface area contributed by atoms with E-state index >= 15 is 0 Å². The molecule has 23 heavy (non-hydrogen) atoms. The molecule has 0 rings (SSSR count). The monoisotopic (exact) mass is 344 g/mol. The molecule has 0 aromatic carbocycles. The molecule has 1 N–H and O–H groups in total.